The first-order chi connectivity index (χ1) is 11.4. The Labute approximate surface area is 146 Å². The second kappa shape index (κ2) is 7.97. The summed E-state index contributed by atoms with van der Waals surface area (Å²) in [6.07, 6.45) is 0.635. The van der Waals surface area contributed by atoms with E-state index < -0.39 is 5.97 Å². The number of carboxylic acid groups (broad SMARTS) is 1. The number of hydrogen-bond donors (Lipinski definition) is 1. The summed E-state index contributed by atoms with van der Waals surface area (Å²) in [5, 5.41) is 9.82. The number of rotatable bonds is 6. The molecule has 5 heteroatoms. The number of carbonyl (C=O) groups excluding carboxylic acids is 1. The van der Waals surface area contributed by atoms with Crippen molar-refractivity contribution in [1.82, 2.24) is 4.90 Å². The van der Waals surface area contributed by atoms with Crippen LogP contribution in [0.15, 0.2) is 48.5 Å². The highest BCUT2D eigenvalue weighted by Gasteiger charge is 2.19. The number of amides is 1. The lowest BCUT2D eigenvalue weighted by Crippen LogP contribution is -2.30. The van der Waals surface area contributed by atoms with Crippen LogP contribution in [0.25, 0.3) is 0 Å². The fourth-order valence-corrected chi connectivity index (χ4v) is 2.90. The number of aryl methyl sites for hydroxylation is 1. The minimum absolute atomic E-state index is 0.0531. The van der Waals surface area contributed by atoms with Gasteiger partial charge in [-0.3, -0.25) is 4.79 Å². The lowest BCUT2D eigenvalue weighted by atomic mass is 10.0. The van der Waals surface area contributed by atoms with Crippen LogP contribution in [0.3, 0.4) is 0 Å². The topological polar surface area (TPSA) is 57.6 Å². The quantitative estimate of drug-likeness (QED) is 0.854. The number of halogens is 1. The zero-order valence-electron chi connectivity index (χ0n) is 13.7. The Kier molecular flexibility index (Phi) is 5.99. The van der Waals surface area contributed by atoms with Crippen LogP contribution in [0.5, 0.6) is 0 Å². The van der Waals surface area contributed by atoms with E-state index in [0.29, 0.717) is 17.0 Å². The van der Waals surface area contributed by atoms with E-state index in [1.807, 2.05) is 25.1 Å². The van der Waals surface area contributed by atoms with Gasteiger partial charge in [0.15, 0.2) is 0 Å². The molecule has 1 unspecified atom stereocenters. The zero-order chi connectivity index (χ0) is 17.7. The summed E-state index contributed by atoms with van der Waals surface area (Å²) in [6, 6.07) is 14.0. The SMILES string of the molecule is CC(c1ccccc1Cl)N(C)C(=O)CCc1ccccc1C(=O)O. The maximum atomic E-state index is 12.5. The molecule has 0 radical (unpaired) electrons. The average molecular weight is 346 g/mol. The smallest absolute Gasteiger partial charge is 0.335 e. The molecule has 0 aromatic heterocycles. The maximum absolute atomic E-state index is 12.5. The molecule has 1 amide bonds. The molecule has 0 fully saturated rings. The first-order valence-corrected chi connectivity index (χ1v) is 8.11. The van der Waals surface area contributed by atoms with Crippen LogP contribution in [0.1, 0.15) is 40.9 Å². The Morgan fingerprint density at radius 2 is 1.75 bits per heavy atom. The number of hydrogen-bond acceptors (Lipinski definition) is 2. The van der Waals surface area contributed by atoms with E-state index in [-0.39, 0.29) is 23.9 Å². The number of carboxylic acids is 1. The summed E-state index contributed by atoms with van der Waals surface area (Å²) in [7, 11) is 1.74. The van der Waals surface area contributed by atoms with Crippen LogP contribution in [0.4, 0.5) is 0 Å². The Morgan fingerprint density at radius 3 is 2.42 bits per heavy atom. The van der Waals surface area contributed by atoms with E-state index in [2.05, 4.69) is 0 Å². The molecule has 126 valence electrons. The third-order valence-electron chi connectivity index (χ3n) is 4.19. The molecule has 0 saturated heterocycles. The van der Waals surface area contributed by atoms with E-state index in [0.717, 1.165) is 5.56 Å². The van der Waals surface area contributed by atoms with E-state index in [9.17, 15) is 14.7 Å². The van der Waals surface area contributed by atoms with Crippen molar-refractivity contribution in [1.29, 1.82) is 0 Å². The highest BCUT2D eigenvalue weighted by molar-refractivity contribution is 6.31. The average Bonchev–Trinajstić information content (AvgIpc) is 2.59. The first-order valence-electron chi connectivity index (χ1n) is 7.73. The molecule has 0 heterocycles. The van der Waals surface area contributed by atoms with Gasteiger partial charge < -0.3 is 10.0 Å². The molecule has 0 bridgehead atoms. The van der Waals surface area contributed by atoms with Crippen LogP contribution >= 0.6 is 11.6 Å². The van der Waals surface area contributed by atoms with Crippen LogP contribution in [0, 0.1) is 0 Å². The van der Waals surface area contributed by atoms with Crippen LogP contribution in [0.2, 0.25) is 5.02 Å². The van der Waals surface area contributed by atoms with Gasteiger partial charge in [-0.25, -0.2) is 4.79 Å². The van der Waals surface area contributed by atoms with E-state index in [1.165, 1.54) is 0 Å². The minimum Gasteiger partial charge on any atom is -0.478 e. The van der Waals surface area contributed by atoms with E-state index in [1.54, 1.807) is 42.3 Å². The predicted octanol–water partition coefficient (Wildman–Crippen LogP) is 4.19. The monoisotopic (exact) mass is 345 g/mol. The zero-order valence-corrected chi connectivity index (χ0v) is 14.5. The van der Waals surface area contributed by atoms with Crippen molar-refractivity contribution in [3.8, 4) is 0 Å². The molecule has 24 heavy (non-hydrogen) atoms. The highest BCUT2D eigenvalue weighted by atomic mass is 35.5. The molecule has 1 atom stereocenters. The van der Waals surface area contributed by atoms with Gasteiger partial charge in [0.1, 0.15) is 0 Å². The number of aromatic carboxylic acids is 1. The van der Waals surface area contributed by atoms with Gasteiger partial charge >= 0.3 is 5.97 Å². The van der Waals surface area contributed by atoms with Crippen molar-refractivity contribution in [3.05, 3.63) is 70.2 Å². The predicted molar refractivity (Wildman–Crippen MR) is 94.4 cm³/mol. The standard InChI is InChI=1S/C19H20ClNO3/c1-13(15-8-5-6-10-17(15)20)21(2)18(22)12-11-14-7-3-4-9-16(14)19(23)24/h3-10,13H,11-12H2,1-2H3,(H,23,24). The van der Waals surface area contributed by atoms with E-state index >= 15 is 0 Å². The number of carbonyl (C=O) groups is 2. The van der Waals surface area contributed by atoms with Crippen LogP contribution < -0.4 is 0 Å². The first kappa shape index (κ1) is 18.0. The van der Waals surface area contributed by atoms with Gasteiger partial charge in [-0.05, 0) is 36.6 Å². The van der Waals surface area contributed by atoms with Crippen molar-refractivity contribution in [3.63, 3.8) is 0 Å². The highest BCUT2D eigenvalue weighted by Crippen LogP contribution is 2.26. The summed E-state index contributed by atoms with van der Waals surface area (Å²) in [5.74, 6) is -1.03. The maximum Gasteiger partial charge on any atom is 0.335 e. The fourth-order valence-electron chi connectivity index (χ4n) is 2.60. The van der Waals surface area contributed by atoms with Crippen molar-refractivity contribution in [2.75, 3.05) is 7.05 Å². The molecule has 0 saturated carbocycles. The summed E-state index contributed by atoms with van der Waals surface area (Å²) < 4.78 is 0. The van der Waals surface area contributed by atoms with Crippen molar-refractivity contribution >= 4 is 23.5 Å². The fraction of sp³-hybridized carbons (Fsp3) is 0.263. The van der Waals surface area contributed by atoms with Gasteiger partial charge in [0.25, 0.3) is 0 Å². The minimum atomic E-state index is -0.976. The summed E-state index contributed by atoms with van der Waals surface area (Å²) >= 11 is 6.19. The van der Waals surface area contributed by atoms with Crippen LogP contribution in [-0.4, -0.2) is 28.9 Å². The number of nitrogens with zero attached hydrogens (tertiary/aromatic N) is 1. The molecule has 2 aromatic rings. The molecule has 4 nitrogen and oxygen atoms in total. The molecule has 0 spiro atoms. The second-order valence-corrected chi connectivity index (χ2v) is 6.07. The molecule has 1 N–H and O–H groups in total. The van der Waals surface area contributed by atoms with Gasteiger partial charge in [-0.1, -0.05) is 48.0 Å². The molecule has 0 aliphatic rings. The second-order valence-electron chi connectivity index (χ2n) is 5.66. The number of benzene rings is 2. The molecule has 0 aliphatic carbocycles. The van der Waals surface area contributed by atoms with Gasteiger partial charge in [0.05, 0.1) is 11.6 Å². The Morgan fingerprint density at radius 1 is 1.12 bits per heavy atom. The molecule has 2 aromatic carbocycles. The lowest BCUT2D eigenvalue weighted by molar-refractivity contribution is -0.131. The Balaban J connectivity index is 2.05. The lowest BCUT2D eigenvalue weighted by Gasteiger charge is -2.26. The Bertz CT molecular complexity index is 745. The largest absolute Gasteiger partial charge is 0.478 e. The third kappa shape index (κ3) is 4.15. The molecular formula is C19H20ClNO3. The Hall–Kier alpha value is -2.33. The summed E-state index contributed by atoms with van der Waals surface area (Å²) in [6.45, 7) is 1.92. The normalized spacial score (nSPS) is 11.8. The van der Waals surface area contributed by atoms with E-state index in [4.69, 9.17) is 11.6 Å². The third-order valence-corrected chi connectivity index (χ3v) is 4.53. The summed E-state index contributed by atoms with van der Waals surface area (Å²) in [5.41, 5.74) is 1.80. The van der Waals surface area contributed by atoms with Crippen molar-refractivity contribution in [2.45, 2.75) is 25.8 Å². The van der Waals surface area contributed by atoms with Gasteiger partial charge in [0, 0.05) is 18.5 Å². The van der Waals surface area contributed by atoms with Gasteiger partial charge in [-0.15, -0.1) is 0 Å². The van der Waals surface area contributed by atoms with Crippen molar-refractivity contribution in [2.24, 2.45) is 0 Å². The van der Waals surface area contributed by atoms with Crippen molar-refractivity contribution < 1.29 is 14.7 Å². The summed E-state index contributed by atoms with van der Waals surface area (Å²) in [4.78, 5) is 25.3. The molecule has 0 aliphatic heterocycles. The van der Waals surface area contributed by atoms with Gasteiger partial charge in [0.2, 0.25) is 5.91 Å². The van der Waals surface area contributed by atoms with Crippen LogP contribution in [-0.2, 0) is 11.2 Å². The molecular weight excluding hydrogens is 326 g/mol. The van der Waals surface area contributed by atoms with Gasteiger partial charge in [-0.2, -0.15) is 0 Å². The molecule has 2 rings (SSSR count).